The Morgan fingerprint density at radius 3 is 2.29 bits per heavy atom. The van der Waals surface area contributed by atoms with Crippen molar-refractivity contribution in [1.82, 2.24) is 9.97 Å². The fourth-order valence-electron chi connectivity index (χ4n) is 1.30. The Bertz CT molecular complexity index is 523. The molecule has 0 aliphatic rings. The van der Waals surface area contributed by atoms with Gasteiger partial charge < -0.3 is 4.74 Å². The van der Waals surface area contributed by atoms with Crippen molar-refractivity contribution < 1.29 is 13.9 Å². The second-order valence-electron chi connectivity index (χ2n) is 3.29. The summed E-state index contributed by atoms with van der Waals surface area (Å²) in [6.45, 7) is 0. The Morgan fingerprint density at radius 1 is 1.18 bits per heavy atom. The minimum atomic E-state index is -0.490. The highest BCUT2D eigenvalue weighted by Crippen LogP contribution is 2.14. The van der Waals surface area contributed by atoms with Crippen LogP contribution < -0.4 is 0 Å². The Hall–Kier alpha value is -2.30. The number of methoxy groups -OCH3 is 1. The summed E-state index contributed by atoms with van der Waals surface area (Å²) >= 11 is 0. The van der Waals surface area contributed by atoms with Crippen LogP contribution >= 0.6 is 0 Å². The highest BCUT2D eigenvalue weighted by Gasteiger charge is 2.07. The van der Waals surface area contributed by atoms with Crippen molar-refractivity contribution in [3.8, 4) is 11.4 Å². The summed E-state index contributed by atoms with van der Waals surface area (Å²) in [7, 11) is 1.29. The molecule has 0 saturated heterocycles. The quantitative estimate of drug-likeness (QED) is 0.744. The van der Waals surface area contributed by atoms with E-state index < -0.39 is 5.97 Å². The van der Waals surface area contributed by atoms with Crippen LogP contribution in [0.15, 0.2) is 36.7 Å². The van der Waals surface area contributed by atoms with Crippen LogP contribution in [0.1, 0.15) is 10.4 Å². The number of benzene rings is 1. The Morgan fingerprint density at radius 2 is 1.76 bits per heavy atom. The first kappa shape index (κ1) is 11.2. The third-order valence-electron chi connectivity index (χ3n) is 2.18. The molecule has 0 fully saturated rings. The molecule has 1 aromatic heterocycles. The molecule has 2 rings (SSSR count). The predicted octanol–water partition coefficient (Wildman–Crippen LogP) is 2.07. The molecule has 0 saturated carbocycles. The molecule has 0 aliphatic carbocycles. The number of carbonyl (C=O) groups is 1. The molecule has 0 radical (unpaired) electrons. The van der Waals surface area contributed by atoms with Crippen molar-refractivity contribution in [2.24, 2.45) is 0 Å². The molecular weight excluding hydrogens is 223 g/mol. The summed E-state index contributed by atoms with van der Waals surface area (Å²) in [4.78, 5) is 19.2. The van der Waals surface area contributed by atoms with Gasteiger partial charge in [-0.2, -0.15) is 0 Å². The van der Waals surface area contributed by atoms with Gasteiger partial charge in [-0.25, -0.2) is 19.2 Å². The molecule has 86 valence electrons. The van der Waals surface area contributed by atoms with Gasteiger partial charge in [-0.1, -0.05) is 0 Å². The lowest BCUT2D eigenvalue weighted by molar-refractivity contribution is 0.0600. The fraction of sp³-hybridized carbons (Fsp3) is 0.0833. The summed E-state index contributed by atoms with van der Waals surface area (Å²) in [5, 5.41) is 0. The zero-order valence-corrected chi connectivity index (χ0v) is 9.05. The average molecular weight is 232 g/mol. The number of rotatable bonds is 2. The summed E-state index contributed by atoms with van der Waals surface area (Å²) in [6.07, 6.45) is 2.75. The van der Waals surface area contributed by atoms with Gasteiger partial charge in [0.1, 0.15) is 5.82 Å². The minimum absolute atomic E-state index is 0.276. The number of carbonyl (C=O) groups excluding carboxylic acids is 1. The van der Waals surface area contributed by atoms with E-state index in [1.165, 1.54) is 31.6 Å². The van der Waals surface area contributed by atoms with Crippen LogP contribution in [0.3, 0.4) is 0 Å². The number of hydrogen-bond donors (Lipinski definition) is 0. The van der Waals surface area contributed by atoms with E-state index in [0.717, 1.165) is 0 Å². The van der Waals surface area contributed by atoms with Crippen molar-refractivity contribution in [1.29, 1.82) is 0 Å². The zero-order valence-electron chi connectivity index (χ0n) is 9.05. The number of halogens is 1. The predicted molar refractivity (Wildman–Crippen MR) is 58.8 cm³/mol. The highest BCUT2D eigenvalue weighted by atomic mass is 19.1. The van der Waals surface area contributed by atoms with Crippen LogP contribution in [0.25, 0.3) is 11.4 Å². The lowest BCUT2D eigenvalue weighted by atomic mass is 10.2. The largest absolute Gasteiger partial charge is 0.465 e. The third-order valence-corrected chi connectivity index (χ3v) is 2.18. The van der Waals surface area contributed by atoms with Crippen LogP contribution in [0.4, 0.5) is 4.39 Å². The average Bonchev–Trinajstić information content (AvgIpc) is 2.39. The Labute approximate surface area is 97.1 Å². The monoisotopic (exact) mass is 232 g/mol. The van der Waals surface area contributed by atoms with Gasteiger partial charge in [0.25, 0.3) is 0 Å². The molecule has 0 spiro atoms. The SMILES string of the molecule is COC(=O)c1cnc(-c2ccc(F)cc2)nc1. The molecule has 1 heterocycles. The van der Waals surface area contributed by atoms with Gasteiger partial charge in [0.15, 0.2) is 5.82 Å². The highest BCUT2D eigenvalue weighted by molar-refractivity contribution is 5.88. The molecular formula is C12H9FN2O2. The molecule has 0 amide bonds. The second kappa shape index (κ2) is 4.69. The van der Waals surface area contributed by atoms with E-state index in [1.807, 2.05) is 0 Å². The molecule has 17 heavy (non-hydrogen) atoms. The van der Waals surface area contributed by atoms with Crippen molar-refractivity contribution in [2.75, 3.05) is 7.11 Å². The molecule has 1 aromatic carbocycles. The van der Waals surface area contributed by atoms with Crippen molar-refractivity contribution in [3.63, 3.8) is 0 Å². The lowest BCUT2D eigenvalue weighted by Gasteiger charge is -2.01. The van der Waals surface area contributed by atoms with Crippen LogP contribution in [0.2, 0.25) is 0 Å². The third kappa shape index (κ3) is 2.44. The van der Waals surface area contributed by atoms with E-state index in [0.29, 0.717) is 11.4 Å². The van der Waals surface area contributed by atoms with E-state index in [9.17, 15) is 9.18 Å². The van der Waals surface area contributed by atoms with Gasteiger partial charge in [-0.3, -0.25) is 0 Å². The van der Waals surface area contributed by atoms with Gasteiger partial charge in [-0.05, 0) is 24.3 Å². The molecule has 5 heteroatoms. The molecule has 4 nitrogen and oxygen atoms in total. The summed E-state index contributed by atoms with van der Waals surface area (Å²) in [6, 6.07) is 5.80. The zero-order chi connectivity index (χ0) is 12.3. The first-order chi connectivity index (χ1) is 8.20. The van der Waals surface area contributed by atoms with E-state index in [4.69, 9.17) is 0 Å². The number of hydrogen-bond acceptors (Lipinski definition) is 4. The lowest BCUT2D eigenvalue weighted by Crippen LogP contribution is -2.03. The van der Waals surface area contributed by atoms with Crippen molar-refractivity contribution >= 4 is 5.97 Å². The second-order valence-corrected chi connectivity index (χ2v) is 3.29. The van der Waals surface area contributed by atoms with Crippen LogP contribution in [0.5, 0.6) is 0 Å². The maximum atomic E-state index is 12.7. The Kier molecular flexibility index (Phi) is 3.09. The number of ether oxygens (including phenoxy) is 1. The maximum Gasteiger partial charge on any atom is 0.341 e. The number of esters is 1. The smallest absolute Gasteiger partial charge is 0.341 e. The van der Waals surface area contributed by atoms with E-state index in [1.54, 1.807) is 12.1 Å². The van der Waals surface area contributed by atoms with E-state index >= 15 is 0 Å². The maximum absolute atomic E-state index is 12.7. The van der Waals surface area contributed by atoms with Gasteiger partial charge in [-0.15, -0.1) is 0 Å². The van der Waals surface area contributed by atoms with Crippen LogP contribution in [0, 0.1) is 5.82 Å². The first-order valence-electron chi connectivity index (χ1n) is 4.87. The van der Waals surface area contributed by atoms with Gasteiger partial charge in [0.2, 0.25) is 0 Å². The van der Waals surface area contributed by atoms with Gasteiger partial charge in [0, 0.05) is 18.0 Å². The molecule has 2 aromatic rings. The van der Waals surface area contributed by atoms with Gasteiger partial charge in [0.05, 0.1) is 12.7 Å². The molecule has 0 aliphatic heterocycles. The first-order valence-corrected chi connectivity index (χ1v) is 4.87. The fourth-order valence-corrected chi connectivity index (χ4v) is 1.30. The molecule has 0 bridgehead atoms. The van der Waals surface area contributed by atoms with Crippen molar-refractivity contribution in [3.05, 3.63) is 48.0 Å². The summed E-state index contributed by atoms with van der Waals surface area (Å²) in [5.41, 5.74) is 0.959. The minimum Gasteiger partial charge on any atom is -0.465 e. The standard InChI is InChI=1S/C12H9FN2O2/c1-17-12(16)9-6-14-11(15-7-9)8-2-4-10(13)5-3-8/h2-7H,1H3. The topological polar surface area (TPSA) is 52.1 Å². The number of aromatic nitrogens is 2. The molecule has 0 unspecified atom stereocenters. The van der Waals surface area contributed by atoms with Gasteiger partial charge >= 0.3 is 5.97 Å². The van der Waals surface area contributed by atoms with E-state index in [-0.39, 0.29) is 11.4 Å². The van der Waals surface area contributed by atoms with Crippen LogP contribution in [-0.4, -0.2) is 23.0 Å². The number of nitrogens with zero attached hydrogens (tertiary/aromatic N) is 2. The Balaban J connectivity index is 2.29. The van der Waals surface area contributed by atoms with E-state index in [2.05, 4.69) is 14.7 Å². The molecule has 0 N–H and O–H groups in total. The van der Waals surface area contributed by atoms with Crippen molar-refractivity contribution in [2.45, 2.75) is 0 Å². The summed E-state index contributed by atoms with van der Waals surface area (Å²) < 4.78 is 17.2. The summed E-state index contributed by atoms with van der Waals surface area (Å²) in [5.74, 6) is -0.381. The normalized spacial score (nSPS) is 10.0. The molecule has 0 atom stereocenters. The van der Waals surface area contributed by atoms with Crippen LogP contribution in [-0.2, 0) is 4.74 Å².